The van der Waals surface area contributed by atoms with Gasteiger partial charge in [-0.15, -0.1) is 0 Å². The molecular formula is C15H20O3. The van der Waals surface area contributed by atoms with E-state index >= 15 is 0 Å². The van der Waals surface area contributed by atoms with Crippen molar-refractivity contribution >= 4 is 5.97 Å². The van der Waals surface area contributed by atoms with Crippen molar-refractivity contribution in [2.75, 3.05) is 0 Å². The summed E-state index contributed by atoms with van der Waals surface area (Å²) in [5, 5.41) is 16.9. The zero-order chi connectivity index (χ0) is 13.8. The van der Waals surface area contributed by atoms with E-state index in [0.717, 1.165) is 26.2 Å². The predicted molar refractivity (Wildman–Crippen MR) is 72.3 cm³/mol. The first-order valence-electron chi connectivity index (χ1n) is 6.03. The molecule has 18 heavy (non-hydrogen) atoms. The topological polar surface area (TPSA) is 57.5 Å². The molecule has 3 heteroatoms. The standard InChI is InChI=1S/C13H16O.C2H4O2/c1-3-10-5-4-6-11-9-12(14)7-8-13(10,11)2;1-2(3)4/h3,5-6,9,14H,1,4,7-8H2,2H3;1H3,(H,3,4)/t13-;/m1./s1. The number of hydrogen-bond acceptors (Lipinski definition) is 2. The van der Waals surface area contributed by atoms with E-state index in [-0.39, 0.29) is 5.41 Å². The van der Waals surface area contributed by atoms with Crippen molar-refractivity contribution in [3.63, 3.8) is 0 Å². The summed E-state index contributed by atoms with van der Waals surface area (Å²) in [5.41, 5.74) is 2.64. The van der Waals surface area contributed by atoms with E-state index in [0.29, 0.717) is 5.76 Å². The highest BCUT2D eigenvalue weighted by molar-refractivity contribution is 5.62. The van der Waals surface area contributed by atoms with Gasteiger partial charge in [0.1, 0.15) is 0 Å². The number of aliphatic hydroxyl groups is 1. The molecule has 0 amide bonds. The molecule has 0 aromatic heterocycles. The predicted octanol–water partition coefficient (Wildman–Crippen LogP) is 3.76. The maximum atomic E-state index is 9.50. The highest BCUT2D eigenvalue weighted by atomic mass is 16.4. The van der Waals surface area contributed by atoms with Gasteiger partial charge in [-0.2, -0.15) is 0 Å². The van der Waals surface area contributed by atoms with Crippen LogP contribution in [0.25, 0.3) is 0 Å². The largest absolute Gasteiger partial charge is 0.512 e. The molecule has 0 unspecified atom stereocenters. The summed E-state index contributed by atoms with van der Waals surface area (Å²) in [6.07, 6.45) is 11.0. The molecule has 1 atom stereocenters. The first-order valence-corrected chi connectivity index (χ1v) is 6.03. The Morgan fingerprint density at radius 1 is 1.50 bits per heavy atom. The number of carbonyl (C=O) groups is 1. The summed E-state index contributed by atoms with van der Waals surface area (Å²) in [6, 6.07) is 0. The average molecular weight is 248 g/mol. The number of carboxylic acid groups (broad SMARTS) is 1. The van der Waals surface area contributed by atoms with Gasteiger partial charge in [-0.05, 0) is 30.1 Å². The molecule has 2 N–H and O–H groups in total. The van der Waals surface area contributed by atoms with Crippen molar-refractivity contribution in [1.29, 1.82) is 0 Å². The molecule has 0 fully saturated rings. The Labute approximate surface area is 108 Å². The molecule has 98 valence electrons. The lowest BCUT2D eigenvalue weighted by molar-refractivity contribution is -0.134. The number of aliphatic carboxylic acids is 1. The highest BCUT2D eigenvalue weighted by Crippen LogP contribution is 2.47. The first kappa shape index (κ1) is 14.3. The van der Waals surface area contributed by atoms with Crippen LogP contribution in [0, 0.1) is 5.41 Å². The minimum absolute atomic E-state index is 0.0895. The smallest absolute Gasteiger partial charge is 0.300 e. The van der Waals surface area contributed by atoms with Crippen LogP contribution in [0.4, 0.5) is 0 Å². The molecule has 3 nitrogen and oxygen atoms in total. The van der Waals surface area contributed by atoms with E-state index < -0.39 is 5.97 Å². The molecule has 0 aromatic carbocycles. The molecule has 2 rings (SSSR count). The zero-order valence-corrected chi connectivity index (χ0v) is 10.9. The lowest BCUT2D eigenvalue weighted by Gasteiger charge is -2.37. The van der Waals surface area contributed by atoms with Gasteiger partial charge in [0.15, 0.2) is 0 Å². The molecule has 0 saturated carbocycles. The van der Waals surface area contributed by atoms with Crippen LogP contribution in [0.2, 0.25) is 0 Å². The van der Waals surface area contributed by atoms with Crippen LogP contribution < -0.4 is 0 Å². The third-order valence-electron chi connectivity index (χ3n) is 3.37. The van der Waals surface area contributed by atoms with Crippen molar-refractivity contribution in [2.24, 2.45) is 5.41 Å². The molecule has 0 radical (unpaired) electrons. The fraction of sp³-hybridized carbons (Fsp3) is 0.400. The van der Waals surface area contributed by atoms with E-state index in [2.05, 4.69) is 25.7 Å². The Balaban J connectivity index is 0.000000357. The monoisotopic (exact) mass is 248 g/mol. The van der Waals surface area contributed by atoms with Crippen molar-refractivity contribution in [3.05, 3.63) is 47.8 Å². The summed E-state index contributed by atoms with van der Waals surface area (Å²) in [7, 11) is 0. The lowest BCUT2D eigenvalue weighted by atomic mass is 9.67. The number of aliphatic hydroxyl groups excluding tert-OH is 1. The van der Waals surface area contributed by atoms with Gasteiger partial charge in [-0.3, -0.25) is 4.79 Å². The summed E-state index contributed by atoms with van der Waals surface area (Å²) < 4.78 is 0. The molecule has 0 saturated heterocycles. The second-order valence-electron chi connectivity index (χ2n) is 4.75. The van der Waals surface area contributed by atoms with Gasteiger partial charge in [-0.25, -0.2) is 0 Å². The highest BCUT2D eigenvalue weighted by Gasteiger charge is 2.34. The van der Waals surface area contributed by atoms with Crippen LogP contribution in [0.15, 0.2) is 47.8 Å². The fourth-order valence-electron chi connectivity index (χ4n) is 2.38. The quantitative estimate of drug-likeness (QED) is 0.742. The second kappa shape index (κ2) is 5.71. The van der Waals surface area contributed by atoms with Crippen molar-refractivity contribution in [2.45, 2.75) is 33.1 Å². The number of carboxylic acids is 1. The zero-order valence-electron chi connectivity index (χ0n) is 10.9. The van der Waals surface area contributed by atoms with Crippen LogP contribution in [0.5, 0.6) is 0 Å². The van der Waals surface area contributed by atoms with Crippen LogP contribution in [0.3, 0.4) is 0 Å². The average Bonchev–Trinajstić information content (AvgIpc) is 2.28. The van der Waals surface area contributed by atoms with Gasteiger partial charge in [0.25, 0.3) is 5.97 Å². The number of fused-ring (bicyclic) bond motifs is 1. The molecule has 2 aliphatic carbocycles. The third kappa shape index (κ3) is 3.13. The number of allylic oxidation sites excluding steroid dienone is 7. The van der Waals surface area contributed by atoms with Gasteiger partial charge < -0.3 is 10.2 Å². The lowest BCUT2D eigenvalue weighted by Crippen LogP contribution is -2.25. The second-order valence-corrected chi connectivity index (χ2v) is 4.75. The number of rotatable bonds is 1. The Morgan fingerprint density at radius 3 is 2.67 bits per heavy atom. The van der Waals surface area contributed by atoms with Gasteiger partial charge in [0.05, 0.1) is 5.76 Å². The Bertz CT molecular complexity index is 437. The molecule has 0 aromatic rings. The molecular weight excluding hydrogens is 228 g/mol. The molecule has 0 spiro atoms. The fourth-order valence-corrected chi connectivity index (χ4v) is 2.38. The third-order valence-corrected chi connectivity index (χ3v) is 3.37. The Kier molecular flexibility index (Phi) is 4.54. The van der Waals surface area contributed by atoms with E-state index in [1.165, 1.54) is 11.1 Å². The van der Waals surface area contributed by atoms with Crippen LogP contribution >= 0.6 is 0 Å². The minimum atomic E-state index is -0.833. The van der Waals surface area contributed by atoms with Gasteiger partial charge in [0, 0.05) is 18.8 Å². The van der Waals surface area contributed by atoms with E-state index in [1.54, 1.807) is 0 Å². The summed E-state index contributed by atoms with van der Waals surface area (Å²) in [4.78, 5) is 9.00. The van der Waals surface area contributed by atoms with Crippen LogP contribution in [0.1, 0.15) is 33.1 Å². The van der Waals surface area contributed by atoms with Crippen LogP contribution in [-0.2, 0) is 4.79 Å². The van der Waals surface area contributed by atoms with Crippen molar-refractivity contribution in [3.8, 4) is 0 Å². The van der Waals surface area contributed by atoms with Gasteiger partial charge in [0.2, 0.25) is 0 Å². The van der Waals surface area contributed by atoms with E-state index in [4.69, 9.17) is 9.90 Å². The maximum Gasteiger partial charge on any atom is 0.300 e. The van der Waals surface area contributed by atoms with Crippen molar-refractivity contribution in [1.82, 2.24) is 0 Å². The first-order chi connectivity index (χ1) is 8.40. The van der Waals surface area contributed by atoms with E-state index in [9.17, 15) is 5.11 Å². The summed E-state index contributed by atoms with van der Waals surface area (Å²) in [5.74, 6) is -0.320. The van der Waals surface area contributed by atoms with Gasteiger partial charge >= 0.3 is 0 Å². The number of hydrogen-bond donors (Lipinski definition) is 2. The summed E-state index contributed by atoms with van der Waals surface area (Å²) in [6.45, 7) is 7.17. The Hall–Kier alpha value is -1.77. The molecule has 0 heterocycles. The SMILES string of the molecule is C=CC1=CCC=C2C=C(O)CC[C@]12C.CC(=O)O. The Morgan fingerprint density at radius 2 is 2.11 bits per heavy atom. The molecule has 2 aliphatic rings. The molecule has 0 bridgehead atoms. The normalized spacial score (nSPS) is 25.6. The van der Waals surface area contributed by atoms with Crippen LogP contribution in [-0.4, -0.2) is 16.2 Å². The molecule has 0 aliphatic heterocycles. The van der Waals surface area contributed by atoms with E-state index in [1.807, 2.05) is 12.2 Å². The summed E-state index contributed by atoms with van der Waals surface area (Å²) >= 11 is 0. The minimum Gasteiger partial charge on any atom is -0.512 e. The van der Waals surface area contributed by atoms with Crippen molar-refractivity contribution < 1.29 is 15.0 Å². The maximum absolute atomic E-state index is 9.50. The van der Waals surface area contributed by atoms with Gasteiger partial charge in [-0.1, -0.05) is 31.7 Å².